The molecule has 0 saturated carbocycles. The highest BCUT2D eigenvalue weighted by Crippen LogP contribution is 2.26. The summed E-state index contributed by atoms with van der Waals surface area (Å²) in [5.74, 6) is 2.11. The Morgan fingerprint density at radius 2 is 1.28 bits per heavy atom. The number of ketones is 1. The van der Waals surface area contributed by atoms with Crippen LogP contribution in [0, 0.1) is 0 Å². The van der Waals surface area contributed by atoms with E-state index in [1.807, 2.05) is 42.1 Å². The van der Waals surface area contributed by atoms with E-state index in [9.17, 15) is 9.59 Å². The summed E-state index contributed by atoms with van der Waals surface area (Å²) in [6.45, 7) is 3.61. The molecule has 6 rings (SSSR count). The maximum absolute atomic E-state index is 12.3. The van der Waals surface area contributed by atoms with Gasteiger partial charge in [-0.2, -0.15) is 0 Å². The van der Waals surface area contributed by atoms with Gasteiger partial charge in [-0.1, -0.05) is 12.1 Å². The summed E-state index contributed by atoms with van der Waals surface area (Å²) in [5.41, 5.74) is 2.17. The fourth-order valence-corrected chi connectivity index (χ4v) is 5.23. The van der Waals surface area contributed by atoms with E-state index in [1.54, 1.807) is 61.4 Å². The van der Waals surface area contributed by atoms with Gasteiger partial charge in [0.15, 0.2) is 18.4 Å². The number of nitrogens with zero attached hydrogens (tertiary/aromatic N) is 4. The minimum Gasteiger partial charge on any atom is -0.465 e. The molecule has 2 unspecified atom stereocenters. The molecule has 11 heteroatoms. The molecular weight excluding hydrogens is 600 g/mol. The Hall–Kier alpha value is -4.74. The zero-order valence-electron chi connectivity index (χ0n) is 27.2. The first-order valence-corrected chi connectivity index (χ1v) is 16.1. The molecule has 11 nitrogen and oxygen atoms in total. The van der Waals surface area contributed by atoms with Gasteiger partial charge in [-0.15, -0.1) is 0 Å². The first-order chi connectivity index (χ1) is 22.9. The first kappa shape index (κ1) is 33.6. The van der Waals surface area contributed by atoms with Crippen molar-refractivity contribution in [1.29, 1.82) is 0 Å². The van der Waals surface area contributed by atoms with Crippen molar-refractivity contribution >= 4 is 17.3 Å². The Morgan fingerprint density at radius 1 is 0.766 bits per heavy atom. The van der Waals surface area contributed by atoms with E-state index in [0.29, 0.717) is 29.4 Å². The second-order valence-electron chi connectivity index (χ2n) is 11.2. The molecule has 0 N–H and O–H groups in total. The van der Waals surface area contributed by atoms with Gasteiger partial charge in [0, 0.05) is 68.9 Å². The third-order valence-corrected chi connectivity index (χ3v) is 7.73. The first-order valence-electron chi connectivity index (χ1n) is 16.1. The van der Waals surface area contributed by atoms with Gasteiger partial charge in [0.05, 0.1) is 19.8 Å². The predicted molar refractivity (Wildman–Crippen MR) is 175 cm³/mol. The number of carbonyl (C=O) groups is 2. The van der Waals surface area contributed by atoms with Crippen LogP contribution in [0.25, 0.3) is 5.57 Å². The Balaban J connectivity index is 0.000000189. The fourth-order valence-electron chi connectivity index (χ4n) is 5.23. The van der Waals surface area contributed by atoms with Crippen LogP contribution in [-0.4, -0.2) is 63.3 Å². The van der Waals surface area contributed by atoms with E-state index >= 15 is 0 Å². The largest absolute Gasteiger partial charge is 0.465 e. The van der Waals surface area contributed by atoms with Gasteiger partial charge in [0.2, 0.25) is 5.78 Å². The van der Waals surface area contributed by atoms with Crippen molar-refractivity contribution in [2.45, 2.75) is 58.0 Å². The summed E-state index contributed by atoms with van der Waals surface area (Å²) in [7, 11) is 3.69. The lowest BCUT2D eigenvalue weighted by Crippen LogP contribution is -2.24. The molecular formula is C36H42N4O7. The third-order valence-electron chi connectivity index (χ3n) is 7.73. The molecule has 4 aromatic rings. The quantitative estimate of drug-likeness (QED) is 0.119. The predicted octanol–water partition coefficient (Wildman–Crippen LogP) is 5.88. The van der Waals surface area contributed by atoms with Crippen LogP contribution in [0.2, 0.25) is 0 Å². The summed E-state index contributed by atoms with van der Waals surface area (Å²) < 4.78 is 31.4. The van der Waals surface area contributed by atoms with Gasteiger partial charge in [-0.05, 0) is 74.6 Å². The van der Waals surface area contributed by atoms with E-state index in [1.165, 1.54) is 6.08 Å². The fraction of sp³-hybridized carbons (Fsp3) is 0.389. The molecule has 2 atom stereocenters. The Labute approximate surface area is 275 Å². The lowest BCUT2D eigenvalue weighted by molar-refractivity contribution is -0.137. The van der Waals surface area contributed by atoms with Crippen molar-refractivity contribution in [3.63, 3.8) is 0 Å². The van der Waals surface area contributed by atoms with E-state index in [4.69, 9.17) is 23.7 Å². The van der Waals surface area contributed by atoms with Crippen LogP contribution < -0.4 is 9.47 Å². The van der Waals surface area contributed by atoms with Crippen LogP contribution in [-0.2, 0) is 33.1 Å². The number of ether oxygens (including phenoxy) is 5. The molecule has 0 aliphatic carbocycles. The van der Waals surface area contributed by atoms with Crippen LogP contribution in [0.4, 0.5) is 0 Å². The van der Waals surface area contributed by atoms with Crippen molar-refractivity contribution in [1.82, 2.24) is 19.1 Å². The van der Waals surface area contributed by atoms with Crippen LogP contribution in [0.5, 0.6) is 11.5 Å². The number of benzene rings is 2. The number of imidazole rings is 2. The van der Waals surface area contributed by atoms with Gasteiger partial charge in [-0.25, -0.2) is 14.8 Å². The van der Waals surface area contributed by atoms with Gasteiger partial charge >= 0.3 is 5.97 Å². The van der Waals surface area contributed by atoms with Gasteiger partial charge in [0.1, 0.15) is 17.3 Å². The number of esters is 1. The standard InChI is InChI=1S/C20H24N2O4.C16H18N2O3/c1-3-24-18(23)14-17(20-21-11-12-22(20)2)15-7-9-16(10-8-15)26-19-6-4-5-13-25-19;1-18-10-9-17-16(18)15(19)12-5-7-13(8-6-12)21-14-4-2-3-11-20-14/h7-12,14,19H,3-6,13H2,1-2H3;5-10,14H,2-4,11H2,1H3. The summed E-state index contributed by atoms with van der Waals surface area (Å²) in [6.07, 6.45) is 14.3. The SMILES string of the molecule is CCOC(=O)C=C(c1ccc(OC2CCCCO2)cc1)c1nccn1C.Cn1ccnc1C(=O)c1ccc(OC2CCCCO2)cc1. The van der Waals surface area contributed by atoms with Crippen molar-refractivity contribution in [2.24, 2.45) is 14.1 Å². The third kappa shape index (κ3) is 9.40. The van der Waals surface area contributed by atoms with Crippen LogP contribution in [0.3, 0.4) is 0 Å². The summed E-state index contributed by atoms with van der Waals surface area (Å²) in [4.78, 5) is 32.7. The normalized spacial score (nSPS) is 18.1. The van der Waals surface area contributed by atoms with Crippen molar-refractivity contribution in [2.75, 3.05) is 19.8 Å². The van der Waals surface area contributed by atoms with Gasteiger partial charge < -0.3 is 32.8 Å². The molecule has 0 amide bonds. The smallest absolute Gasteiger partial charge is 0.331 e. The van der Waals surface area contributed by atoms with E-state index < -0.39 is 0 Å². The molecule has 4 heterocycles. The van der Waals surface area contributed by atoms with E-state index in [0.717, 1.165) is 68.8 Å². The lowest BCUT2D eigenvalue weighted by atomic mass is 10.0. The van der Waals surface area contributed by atoms with Crippen molar-refractivity contribution in [3.8, 4) is 11.5 Å². The number of carbonyl (C=O) groups excluding carboxylic acids is 2. The molecule has 0 radical (unpaired) electrons. The molecule has 2 aliphatic rings. The average Bonchev–Trinajstić information content (AvgIpc) is 3.73. The molecule has 47 heavy (non-hydrogen) atoms. The van der Waals surface area contributed by atoms with Gasteiger partial charge in [0.25, 0.3) is 0 Å². The molecule has 2 fully saturated rings. The molecule has 2 aliphatic heterocycles. The topological polar surface area (TPSA) is 116 Å². The highest BCUT2D eigenvalue weighted by atomic mass is 16.7. The molecule has 2 aromatic carbocycles. The molecule has 0 spiro atoms. The highest BCUT2D eigenvalue weighted by molar-refractivity contribution is 6.06. The van der Waals surface area contributed by atoms with Crippen LogP contribution >= 0.6 is 0 Å². The van der Waals surface area contributed by atoms with Crippen molar-refractivity contribution < 1.29 is 33.3 Å². The molecule has 2 aromatic heterocycles. The summed E-state index contributed by atoms with van der Waals surface area (Å²) in [5, 5.41) is 0. The van der Waals surface area contributed by atoms with Crippen molar-refractivity contribution in [3.05, 3.63) is 102 Å². The average molecular weight is 643 g/mol. The Kier molecular flexibility index (Phi) is 12.0. The Morgan fingerprint density at radius 3 is 1.72 bits per heavy atom. The van der Waals surface area contributed by atoms with E-state index in [-0.39, 0.29) is 24.3 Å². The van der Waals surface area contributed by atoms with Gasteiger partial charge in [-0.3, -0.25) is 4.79 Å². The number of hydrogen-bond donors (Lipinski definition) is 0. The lowest BCUT2D eigenvalue weighted by Gasteiger charge is -2.23. The van der Waals surface area contributed by atoms with Crippen LogP contribution in [0.15, 0.2) is 79.4 Å². The number of hydrogen-bond acceptors (Lipinski definition) is 9. The second-order valence-corrected chi connectivity index (χ2v) is 11.2. The second kappa shape index (κ2) is 16.7. The zero-order valence-corrected chi connectivity index (χ0v) is 27.2. The number of aromatic nitrogens is 4. The van der Waals surface area contributed by atoms with E-state index in [2.05, 4.69) is 9.97 Å². The highest BCUT2D eigenvalue weighted by Gasteiger charge is 2.18. The minimum atomic E-state index is -0.388. The minimum absolute atomic E-state index is 0.0945. The summed E-state index contributed by atoms with van der Waals surface area (Å²) >= 11 is 0. The van der Waals surface area contributed by atoms with Crippen LogP contribution in [0.1, 0.15) is 73.0 Å². The zero-order chi connectivity index (χ0) is 33.0. The Bertz CT molecular complexity index is 1610. The molecule has 0 bridgehead atoms. The maximum atomic E-state index is 12.3. The summed E-state index contributed by atoms with van der Waals surface area (Å²) in [6, 6.07) is 14.7. The number of aryl methyl sites for hydroxylation is 2. The molecule has 2 saturated heterocycles. The number of rotatable bonds is 10. The molecule has 248 valence electrons. The monoisotopic (exact) mass is 642 g/mol. The maximum Gasteiger partial charge on any atom is 0.331 e.